The molecule has 0 bridgehead atoms. The summed E-state index contributed by atoms with van der Waals surface area (Å²) in [5.74, 6) is 0.239. The first-order valence-electron chi connectivity index (χ1n) is 10.8. The zero-order valence-corrected chi connectivity index (χ0v) is 18.4. The van der Waals surface area contributed by atoms with Crippen molar-refractivity contribution in [2.24, 2.45) is 0 Å². The summed E-state index contributed by atoms with van der Waals surface area (Å²) >= 11 is 0. The van der Waals surface area contributed by atoms with Gasteiger partial charge in [-0.1, -0.05) is 20.3 Å². The summed E-state index contributed by atoms with van der Waals surface area (Å²) in [4.78, 5) is 23.6. The second-order valence-electron chi connectivity index (χ2n) is 7.89. The van der Waals surface area contributed by atoms with Crippen LogP contribution in [0, 0.1) is 0 Å². The van der Waals surface area contributed by atoms with Crippen LogP contribution in [0.2, 0.25) is 0 Å². The lowest BCUT2D eigenvalue weighted by atomic mass is 9.97. The first-order valence-corrected chi connectivity index (χ1v) is 10.8. The van der Waals surface area contributed by atoms with E-state index in [0.29, 0.717) is 18.6 Å². The van der Waals surface area contributed by atoms with Crippen molar-refractivity contribution in [2.75, 3.05) is 6.61 Å². The minimum Gasteiger partial charge on any atom is -0.394 e. The lowest BCUT2D eigenvalue weighted by Crippen LogP contribution is -2.64. The Morgan fingerprint density at radius 1 is 1.29 bits per heavy atom. The van der Waals surface area contributed by atoms with Crippen molar-refractivity contribution >= 4 is 11.7 Å². The highest BCUT2D eigenvalue weighted by atomic mass is 16.7. The molecule has 1 aliphatic rings. The van der Waals surface area contributed by atoms with Crippen LogP contribution in [0.4, 0.5) is 0 Å². The van der Waals surface area contributed by atoms with Crippen molar-refractivity contribution < 1.29 is 43.6 Å². The lowest BCUT2D eigenvalue weighted by Gasteiger charge is -2.41. The average molecular weight is 444 g/mol. The Morgan fingerprint density at radius 2 is 2.03 bits per heavy atom. The minimum absolute atomic E-state index is 0.0328. The van der Waals surface area contributed by atoms with E-state index in [1.807, 2.05) is 13.8 Å². The Hall–Kier alpha value is -1.85. The Bertz CT molecular complexity index is 709. The molecule has 176 valence electrons. The van der Waals surface area contributed by atoms with Crippen molar-refractivity contribution in [3.63, 3.8) is 0 Å². The van der Waals surface area contributed by atoms with E-state index in [2.05, 4.69) is 5.32 Å². The molecule has 6 atom stereocenters. The van der Waals surface area contributed by atoms with Gasteiger partial charge in [0.2, 0.25) is 23.9 Å². The number of aliphatic hydroxyl groups is 3. The van der Waals surface area contributed by atoms with Gasteiger partial charge in [0.1, 0.15) is 36.7 Å². The summed E-state index contributed by atoms with van der Waals surface area (Å²) in [6.45, 7) is 4.76. The van der Waals surface area contributed by atoms with Gasteiger partial charge in [0.25, 0.3) is 0 Å². The Labute approximate surface area is 182 Å². The molecule has 1 amide bonds. The summed E-state index contributed by atoms with van der Waals surface area (Å²) in [7, 11) is 0. The molecule has 2 rings (SSSR count). The van der Waals surface area contributed by atoms with E-state index >= 15 is 0 Å². The van der Waals surface area contributed by atoms with Gasteiger partial charge < -0.3 is 30.1 Å². The summed E-state index contributed by atoms with van der Waals surface area (Å²) in [6, 6.07) is 0.605. The number of carbonyl (C=O) groups is 2. The molecule has 4 N–H and O–H groups in total. The average Bonchev–Trinajstić information content (AvgIpc) is 3.21. The highest BCUT2D eigenvalue weighted by Crippen LogP contribution is 2.23. The maximum atomic E-state index is 12.1. The number of nitrogens with one attached hydrogen (secondary N) is 1. The van der Waals surface area contributed by atoms with E-state index in [1.165, 1.54) is 6.92 Å². The van der Waals surface area contributed by atoms with Crippen molar-refractivity contribution in [3.05, 3.63) is 18.0 Å². The summed E-state index contributed by atoms with van der Waals surface area (Å²) in [5, 5.41) is 32.3. The third kappa shape index (κ3) is 7.08. The predicted molar refractivity (Wildman–Crippen MR) is 108 cm³/mol. The van der Waals surface area contributed by atoms with Crippen molar-refractivity contribution in [1.82, 2.24) is 5.32 Å². The van der Waals surface area contributed by atoms with Gasteiger partial charge in [0, 0.05) is 19.8 Å². The summed E-state index contributed by atoms with van der Waals surface area (Å²) < 4.78 is 18.6. The highest BCUT2D eigenvalue weighted by Gasteiger charge is 2.45. The zero-order chi connectivity index (χ0) is 23.0. The number of ether oxygens (including phenoxy) is 2. The molecule has 1 saturated heterocycles. The number of aliphatic hydroxyl groups excluding tert-OH is 3. The van der Waals surface area contributed by atoms with E-state index in [-0.39, 0.29) is 18.4 Å². The van der Waals surface area contributed by atoms with E-state index in [4.69, 9.17) is 14.0 Å². The number of nitrogens with zero attached hydrogens (tertiary/aromatic N) is 1. The molecular weight excluding hydrogens is 408 g/mol. The Kier molecular flexibility index (Phi) is 10.0. The van der Waals surface area contributed by atoms with Crippen LogP contribution in [-0.4, -0.2) is 64.3 Å². The smallest absolute Gasteiger partial charge is 0.220 e. The van der Waals surface area contributed by atoms with Crippen LogP contribution in [-0.2, 0) is 25.7 Å². The molecule has 0 radical (unpaired) electrons. The maximum Gasteiger partial charge on any atom is 0.220 e. The van der Waals surface area contributed by atoms with Crippen LogP contribution in [0.15, 0.2) is 16.8 Å². The first kappa shape index (κ1) is 25.4. The van der Waals surface area contributed by atoms with Crippen LogP contribution in [0.3, 0.4) is 0 Å². The molecule has 1 fully saturated rings. The number of hydrogen-bond donors (Lipinski definition) is 4. The van der Waals surface area contributed by atoms with E-state index in [1.54, 1.807) is 17.0 Å². The molecule has 1 aliphatic heterocycles. The quantitative estimate of drug-likeness (QED) is 0.334. The van der Waals surface area contributed by atoms with Crippen molar-refractivity contribution in [2.45, 2.75) is 96.2 Å². The molecule has 0 saturated carbocycles. The molecule has 0 aliphatic carbocycles. The number of amides is 1. The van der Waals surface area contributed by atoms with Gasteiger partial charge in [0.05, 0.1) is 19.1 Å². The molecule has 2 heterocycles. The third-order valence-electron chi connectivity index (χ3n) is 5.37. The lowest BCUT2D eigenvalue weighted by molar-refractivity contribution is -0.883. The normalized spacial score (nSPS) is 27.1. The first-order chi connectivity index (χ1) is 14.8. The molecule has 3 unspecified atom stereocenters. The van der Waals surface area contributed by atoms with Crippen molar-refractivity contribution in [1.29, 1.82) is 0 Å². The molecule has 31 heavy (non-hydrogen) atoms. The number of aromatic nitrogens is 1. The SMILES string of the molecule is CCCCC(=O)CC(CC)[n+]1ccc(CO[C@@H]2OC(CO)[C@@H](O)[C@H](O)C2NC(C)=O)o1. The number of carbonyl (C=O) groups excluding carboxylic acids is 2. The molecule has 1 aromatic rings. The summed E-state index contributed by atoms with van der Waals surface area (Å²) in [5.41, 5.74) is 0. The fourth-order valence-corrected chi connectivity index (χ4v) is 3.55. The number of Topliss-reactive ketones (excluding diaryl/α,β-unsaturated/α-hetero) is 1. The molecule has 1 aromatic heterocycles. The van der Waals surface area contributed by atoms with Gasteiger partial charge in [-0.3, -0.25) is 9.59 Å². The van der Waals surface area contributed by atoms with Crippen LogP contribution in [0.1, 0.15) is 64.7 Å². The number of unbranched alkanes of at least 4 members (excludes halogenated alkanes) is 1. The van der Waals surface area contributed by atoms with Gasteiger partial charge in [-0.15, -0.1) is 0 Å². The fraction of sp³-hybridized carbons (Fsp3) is 0.762. The minimum atomic E-state index is -1.38. The van der Waals surface area contributed by atoms with Gasteiger partial charge >= 0.3 is 0 Å². The third-order valence-corrected chi connectivity index (χ3v) is 5.37. The van der Waals surface area contributed by atoms with Crippen LogP contribution in [0.25, 0.3) is 0 Å². The van der Waals surface area contributed by atoms with E-state index in [9.17, 15) is 24.9 Å². The van der Waals surface area contributed by atoms with Gasteiger partial charge in [-0.05, 0) is 11.2 Å². The molecule has 10 nitrogen and oxygen atoms in total. The number of hydrogen-bond acceptors (Lipinski definition) is 8. The van der Waals surface area contributed by atoms with Crippen molar-refractivity contribution in [3.8, 4) is 0 Å². The van der Waals surface area contributed by atoms with Crippen LogP contribution in [0.5, 0.6) is 0 Å². The maximum absolute atomic E-state index is 12.1. The largest absolute Gasteiger partial charge is 0.394 e. The monoisotopic (exact) mass is 443 g/mol. The van der Waals surface area contributed by atoms with Gasteiger partial charge in [-0.25, -0.2) is 4.52 Å². The fourth-order valence-electron chi connectivity index (χ4n) is 3.55. The summed E-state index contributed by atoms with van der Waals surface area (Å²) in [6.07, 6.45) is 0.384. The second-order valence-corrected chi connectivity index (χ2v) is 7.89. The Balaban J connectivity index is 2.01. The van der Waals surface area contributed by atoms with E-state index in [0.717, 1.165) is 19.3 Å². The zero-order valence-electron chi connectivity index (χ0n) is 18.4. The Morgan fingerprint density at radius 3 is 2.65 bits per heavy atom. The molecule has 0 spiro atoms. The van der Waals surface area contributed by atoms with Crippen LogP contribution >= 0.6 is 0 Å². The molecule has 0 aromatic carbocycles. The van der Waals surface area contributed by atoms with Gasteiger partial charge in [0.15, 0.2) is 6.29 Å². The highest BCUT2D eigenvalue weighted by molar-refractivity contribution is 5.78. The number of ketones is 1. The van der Waals surface area contributed by atoms with Gasteiger partial charge in [-0.2, -0.15) is 0 Å². The van der Waals surface area contributed by atoms with Crippen LogP contribution < -0.4 is 10.1 Å². The van der Waals surface area contributed by atoms with E-state index < -0.39 is 43.2 Å². The predicted octanol–water partition coefficient (Wildman–Crippen LogP) is 0.128. The number of rotatable bonds is 12. The second kappa shape index (κ2) is 12.3. The standard InChI is InChI=1S/C21H34N2O8/c1-4-6-7-15(26)10-14(5-2)23-9-8-16(31-23)12-29-21-18(22-13(3)25)20(28)19(27)17(11-24)30-21/h8-9,14,17-21,24,27-28H,4-7,10-12H2,1-3H3/p+1/t14?,17?,18?,19-,20-,21-/m1/s1. The topological polar surface area (TPSA) is 142 Å². The molecular formula is C21H35N2O8+. The molecule has 10 heteroatoms.